The summed E-state index contributed by atoms with van der Waals surface area (Å²) in [5.41, 5.74) is 1.60. The number of halogens is 1. The fourth-order valence-electron chi connectivity index (χ4n) is 2.71. The monoisotopic (exact) mass is 378 g/mol. The van der Waals surface area contributed by atoms with Crippen LogP contribution < -0.4 is 9.46 Å². The van der Waals surface area contributed by atoms with Gasteiger partial charge in [0, 0.05) is 25.3 Å². The van der Waals surface area contributed by atoms with E-state index in [1.165, 1.54) is 19.2 Å². The van der Waals surface area contributed by atoms with E-state index in [4.69, 9.17) is 4.74 Å². The first kappa shape index (κ1) is 18.4. The summed E-state index contributed by atoms with van der Waals surface area (Å²) in [5, 5.41) is 11.3. The lowest BCUT2D eigenvalue weighted by atomic mass is 10.1. The number of aromatic nitrogens is 1. The molecule has 0 aliphatic heterocycles. The van der Waals surface area contributed by atoms with Crippen molar-refractivity contribution in [1.29, 1.82) is 0 Å². The number of nitrogens with one attached hydrogen (secondary N) is 1. The molecule has 2 aromatic carbocycles. The molecule has 0 aliphatic rings. The molecule has 3 rings (SSSR count). The first-order valence-corrected chi connectivity index (χ1v) is 9.36. The summed E-state index contributed by atoms with van der Waals surface area (Å²) >= 11 is 0. The van der Waals surface area contributed by atoms with Crippen LogP contribution in [0.4, 0.5) is 4.39 Å². The van der Waals surface area contributed by atoms with E-state index in [2.05, 4.69) is 4.72 Å². The SMILES string of the molecule is COc1ccc(S(=O)(=O)NCC(O)c2ccc3c(ccn3C)c2)cc1F. The van der Waals surface area contributed by atoms with Gasteiger partial charge in [-0.2, -0.15) is 0 Å². The Bertz CT molecular complexity index is 1050. The Morgan fingerprint density at radius 2 is 2.00 bits per heavy atom. The van der Waals surface area contributed by atoms with Crippen molar-refractivity contribution in [3.63, 3.8) is 0 Å². The highest BCUT2D eigenvalue weighted by atomic mass is 32.2. The Balaban J connectivity index is 1.74. The van der Waals surface area contributed by atoms with Gasteiger partial charge in [-0.3, -0.25) is 0 Å². The second-order valence-electron chi connectivity index (χ2n) is 5.91. The predicted octanol–water partition coefficient (Wildman–Crippen LogP) is 2.34. The number of sulfonamides is 1. The van der Waals surface area contributed by atoms with E-state index in [-0.39, 0.29) is 17.2 Å². The molecule has 0 saturated carbocycles. The number of aliphatic hydroxyl groups is 1. The molecule has 26 heavy (non-hydrogen) atoms. The molecule has 0 bridgehead atoms. The van der Waals surface area contributed by atoms with Crippen LogP contribution in [-0.2, 0) is 17.1 Å². The van der Waals surface area contributed by atoms with Crippen molar-refractivity contribution >= 4 is 20.9 Å². The lowest BCUT2D eigenvalue weighted by Gasteiger charge is -2.13. The van der Waals surface area contributed by atoms with Gasteiger partial charge in [-0.25, -0.2) is 17.5 Å². The van der Waals surface area contributed by atoms with Crippen LogP contribution in [0.5, 0.6) is 5.75 Å². The Hall–Kier alpha value is -2.42. The van der Waals surface area contributed by atoms with Crippen LogP contribution >= 0.6 is 0 Å². The van der Waals surface area contributed by atoms with Gasteiger partial charge in [0.05, 0.1) is 18.1 Å². The lowest BCUT2D eigenvalue weighted by molar-refractivity contribution is 0.182. The van der Waals surface area contributed by atoms with E-state index in [9.17, 15) is 17.9 Å². The largest absolute Gasteiger partial charge is 0.494 e. The number of rotatable bonds is 6. The molecule has 0 amide bonds. The number of aliphatic hydroxyl groups excluding tert-OH is 1. The van der Waals surface area contributed by atoms with Gasteiger partial charge in [-0.05, 0) is 47.3 Å². The van der Waals surface area contributed by atoms with Crippen LogP contribution in [0, 0.1) is 5.82 Å². The van der Waals surface area contributed by atoms with Crippen molar-refractivity contribution in [1.82, 2.24) is 9.29 Å². The summed E-state index contributed by atoms with van der Waals surface area (Å²) in [6.45, 7) is -0.228. The molecule has 6 nitrogen and oxygen atoms in total. The van der Waals surface area contributed by atoms with Gasteiger partial charge in [-0.1, -0.05) is 6.07 Å². The molecule has 0 aliphatic carbocycles. The molecule has 1 aromatic heterocycles. The molecule has 0 spiro atoms. The quantitative estimate of drug-likeness (QED) is 0.690. The number of fused-ring (bicyclic) bond motifs is 1. The number of methoxy groups -OCH3 is 1. The minimum Gasteiger partial charge on any atom is -0.494 e. The summed E-state index contributed by atoms with van der Waals surface area (Å²) in [6.07, 6.45) is 0.874. The topological polar surface area (TPSA) is 80.6 Å². The highest BCUT2D eigenvalue weighted by Crippen LogP contribution is 2.23. The normalized spacial score (nSPS) is 13.1. The summed E-state index contributed by atoms with van der Waals surface area (Å²) < 4.78 is 47.4. The summed E-state index contributed by atoms with van der Waals surface area (Å²) in [6, 6.07) is 10.7. The number of nitrogens with zero attached hydrogens (tertiary/aromatic N) is 1. The van der Waals surface area contributed by atoms with Gasteiger partial charge in [0.15, 0.2) is 11.6 Å². The average molecular weight is 378 g/mol. The van der Waals surface area contributed by atoms with Crippen LogP contribution in [0.2, 0.25) is 0 Å². The fourth-order valence-corrected chi connectivity index (χ4v) is 3.76. The standard InChI is InChI=1S/C18H19FN2O4S/c1-21-8-7-12-9-13(3-5-16(12)21)17(22)11-20-26(23,24)14-4-6-18(25-2)15(19)10-14/h3-10,17,20,22H,11H2,1-2H3. The number of hydrogen-bond acceptors (Lipinski definition) is 4. The Labute approximate surface area is 150 Å². The molecule has 1 heterocycles. The Morgan fingerprint density at radius 3 is 2.69 bits per heavy atom. The van der Waals surface area contributed by atoms with Gasteiger partial charge in [-0.15, -0.1) is 0 Å². The molecule has 138 valence electrons. The molecule has 0 radical (unpaired) electrons. The third kappa shape index (κ3) is 3.57. The zero-order valence-corrected chi connectivity index (χ0v) is 15.1. The van der Waals surface area contributed by atoms with Crippen molar-refractivity contribution in [2.24, 2.45) is 7.05 Å². The summed E-state index contributed by atoms with van der Waals surface area (Å²) in [7, 11) is -0.745. The number of hydrogen-bond donors (Lipinski definition) is 2. The van der Waals surface area contributed by atoms with Crippen LogP contribution in [0.1, 0.15) is 11.7 Å². The molecule has 1 atom stereocenters. The van der Waals surface area contributed by atoms with Crippen molar-refractivity contribution in [3.8, 4) is 5.75 Å². The van der Waals surface area contributed by atoms with E-state index in [0.29, 0.717) is 5.56 Å². The van der Waals surface area contributed by atoms with Crippen molar-refractivity contribution < 1.29 is 22.7 Å². The molecule has 2 N–H and O–H groups in total. The Morgan fingerprint density at radius 1 is 1.23 bits per heavy atom. The van der Waals surface area contributed by atoms with Crippen molar-refractivity contribution in [2.45, 2.75) is 11.0 Å². The molecule has 1 unspecified atom stereocenters. The van der Waals surface area contributed by atoms with E-state index in [1.807, 2.05) is 29.9 Å². The second kappa shape index (κ2) is 7.06. The Kier molecular flexibility index (Phi) is 4.99. The van der Waals surface area contributed by atoms with Gasteiger partial charge >= 0.3 is 0 Å². The zero-order valence-electron chi connectivity index (χ0n) is 14.3. The minimum absolute atomic E-state index is 0.0415. The molecule has 0 saturated heterocycles. The first-order chi connectivity index (χ1) is 12.3. The second-order valence-corrected chi connectivity index (χ2v) is 7.68. The third-order valence-electron chi connectivity index (χ3n) is 4.19. The van der Waals surface area contributed by atoms with Crippen LogP contribution in [-0.4, -0.2) is 31.7 Å². The number of benzene rings is 2. The van der Waals surface area contributed by atoms with Gasteiger partial charge < -0.3 is 14.4 Å². The highest BCUT2D eigenvalue weighted by molar-refractivity contribution is 7.89. The first-order valence-electron chi connectivity index (χ1n) is 7.88. The highest BCUT2D eigenvalue weighted by Gasteiger charge is 2.19. The predicted molar refractivity (Wildman–Crippen MR) is 96.0 cm³/mol. The van der Waals surface area contributed by atoms with Gasteiger partial charge in [0.25, 0.3) is 0 Å². The summed E-state index contributed by atoms with van der Waals surface area (Å²) in [5.74, 6) is -0.814. The molecular weight excluding hydrogens is 359 g/mol. The smallest absolute Gasteiger partial charge is 0.240 e. The van der Waals surface area contributed by atoms with Crippen molar-refractivity contribution in [2.75, 3.05) is 13.7 Å². The lowest BCUT2D eigenvalue weighted by Crippen LogP contribution is -2.28. The fraction of sp³-hybridized carbons (Fsp3) is 0.222. The van der Waals surface area contributed by atoms with E-state index >= 15 is 0 Å². The van der Waals surface area contributed by atoms with Crippen LogP contribution in [0.25, 0.3) is 10.9 Å². The molecule has 3 aromatic rings. The average Bonchev–Trinajstić information content (AvgIpc) is 3.00. The van der Waals surface area contributed by atoms with E-state index in [1.54, 1.807) is 12.1 Å². The number of ether oxygens (including phenoxy) is 1. The third-order valence-corrected chi connectivity index (χ3v) is 5.62. The van der Waals surface area contributed by atoms with E-state index in [0.717, 1.165) is 17.0 Å². The maximum absolute atomic E-state index is 13.7. The van der Waals surface area contributed by atoms with Crippen LogP contribution in [0.15, 0.2) is 53.6 Å². The molecular formula is C18H19FN2O4S. The van der Waals surface area contributed by atoms with E-state index < -0.39 is 21.9 Å². The van der Waals surface area contributed by atoms with Crippen LogP contribution in [0.3, 0.4) is 0 Å². The molecule has 8 heteroatoms. The van der Waals surface area contributed by atoms with Crippen molar-refractivity contribution in [3.05, 3.63) is 60.0 Å². The maximum atomic E-state index is 13.7. The minimum atomic E-state index is -3.96. The van der Waals surface area contributed by atoms with Gasteiger partial charge in [0.1, 0.15) is 0 Å². The van der Waals surface area contributed by atoms with Gasteiger partial charge in [0.2, 0.25) is 10.0 Å². The zero-order chi connectivity index (χ0) is 18.9. The maximum Gasteiger partial charge on any atom is 0.240 e. The summed E-state index contributed by atoms with van der Waals surface area (Å²) in [4.78, 5) is -0.235. The number of aryl methyl sites for hydroxylation is 1. The molecule has 0 fully saturated rings.